The number of hydrogen-bond donors (Lipinski definition) is 0. The van der Waals surface area contributed by atoms with Crippen molar-refractivity contribution in [2.24, 2.45) is 17.9 Å². The van der Waals surface area contributed by atoms with Gasteiger partial charge in [0, 0.05) is 26.3 Å². The van der Waals surface area contributed by atoms with Crippen LogP contribution in [0.25, 0.3) is 0 Å². The summed E-state index contributed by atoms with van der Waals surface area (Å²) in [5.74, 6) is 0.0615. The maximum Gasteiger partial charge on any atom is 0.274 e. The zero-order chi connectivity index (χ0) is 14.3. The molecule has 106 valence electrons. The SMILES string of the molecule is Cn1cnc(C(=O)N2CCC(C)(C)CC(C)(C)C2)c1. The number of rotatable bonds is 1. The number of carbonyl (C=O) groups excluding carboxylic acids is 1. The third kappa shape index (κ3) is 3.37. The largest absolute Gasteiger partial charge is 0.340 e. The maximum absolute atomic E-state index is 12.5. The van der Waals surface area contributed by atoms with Gasteiger partial charge in [-0.15, -0.1) is 0 Å². The molecule has 2 rings (SSSR count). The highest BCUT2D eigenvalue weighted by Gasteiger charge is 2.36. The molecule has 0 N–H and O–H groups in total. The van der Waals surface area contributed by atoms with Crippen LogP contribution in [0.5, 0.6) is 0 Å². The molecule has 0 atom stereocenters. The second-order valence-electron chi connectivity index (χ2n) is 7.41. The first kappa shape index (κ1) is 14.1. The van der Waals surface area contributed by atoms with Gasteiger partial charge in [0.05, 0.1) is 6.33 Å². The zero-order valence-corrected chi connectivity index (χ0v) is 12.7. The highest BCUT2D eigenvalue weighted by Crippen LogP contribution is 2.39. The highest BCUT2D eigenvalue weighted by molar-refractivity contribution is 5.92. The predicted molar refractivity (Wildman–Crippen MR) is 75.9 cm³/mol. The molecule has 19 heavy (non-hydrogen) atoms. The van der Waals surface area contributed by atoms with Crippen LogP contribution in [-0.4, -0.2) is 33.4 Å². The van der Waals surface area contributed by atoms with E-state index < -0.39 is 0 Å². The molecule has 1 fully saturated rings. The predicted octanol–water partition coefficient (Wildman–Crippen LogP) is 2.71. The van der Waals surface area contributed by atoms with E-state index in [9.17, 15) is 4.79 Å². The van der Waals surface area contributed by atoms with Gasteiger partial charge in [-0.25, -0.2) is 4.98 Å². The number of nitrogens with zero attached hydrogens (tertiary/aromatic N) is 3. The molecule has 1 saturated heterocycles. The molecule has 0 aliphatic carbocycles. The second kappa shape index (κ2) is 4.66. The smallest absolute Gasteiger partial charge is 0.274 e. The number of hydrogen-bond acceptors (Lipinski definition) is 2. The van der Waals surface area contributed by atoms with Gasteiger partial charge < -0.3 is 9.47 Å². The summed E-state index contributed by atoms with van der Waals surface area (Å²) in [5.41, 5.74) is 1.01. The van der Waals surface area contributed by atoms with E-state index in [0.717, 1.165) is 25.9 Å². The third-order valence-electron chi connectivity index (χ3n) is 3.85. The van der Waals surface area contributed by atoms with Gasteiger partial charge >= 0.3 is 0 Å². The number of likely N-dealkylation sites (tertiary alicyclic amines) is 1. The van der Waals surface area contributed by atoms with Gasteiger partial charge in [-0.1, -0.05) is 27.7 Å². The Morgan fingerprint density at radius 2 is 1.95 bits per heavy atom. The summed E-state index contributed by atoms with van der Waals surface area (Å²) in [6.07, 6.45) is 5.67. The average molecular weight is 263 g/mol. The van der Waals surface area contributed by atoms with E-state index in [1.54, 1.807) is 12.5 Å². The van der Waals surface area contributed by atoms with E-state index >= 15 is 0 Å². The van der Waals surface area contributed by atoms with Crippen LogP contribution in [-0.2, 0) is 7.05 Å². The minimum absolute atomic E-state index is 0.0615. The minimum Gasteiger partial charge on any atom is -0.340 e. The second-order valence-corrected chi connectivity index (χ2v) is 7.41. The lowest BCUT2D eigenvalue weighted by molar-refractivity contribution is 0.0700. The lowest BCUT2D eigenvalue weighted by Gasteiger charge is -2.32. The first-order valence-electron chi connectivity index (χ1n) is 6.96. The van der Waals surface area contributed by atoms with Crippen molar-refractivity contribution in [3.05, 3.63) is 18.2 Å². The van der Waals surface area contributed by atoms with Gasteiger partial charge in [0.25, 0.3) is 5.91 Å². The molecular formula is C15H25N3O. The fraction of sp³-hybridized carbons (Fsp3) is 0.733. The number of imidazole rings is 1. The average Bonchev–Trinajstić information content (AvgIpc) is 2.63. The third-order valence-corrected chi connectivity index (χ3v) is 3.85. The summed E-state index contributed by atoms with van der Waals surface area (Å²) in [6, 6.07) is 0. The Labute approximate surface area is 115 Å². The molecule has 0 unspecified atom stereocenters. The molecule has 0 radical (unpaired) electrons. The van der Waals surface area contributed by atoms with Crippen molar-refractivity contribution in [2.75, 3.05) is 13.1 Å². The van der Waals surface area contributed by atoms with Crippen molar-refractivity contribution >= 4 is 5.91 Å². The molecule has 0 spiro atoms. The number of aryl methyl sites for hydroxylation is 1. The highest BCUT2D eigenvalue weighted by atomic mass is 16.2. The normalized spacial score (nSPS) is 22.1. The first-order chi connectivity index (χ1) is 8.69. The zero-order valence-electron chi connectivity index (χ0n) is 12.7. The van der Waals surface area contributed by atoms with E-state index in [1.807, 2.05) is 16.5 Å². The fourth-order valence-electron chi connectivity index (χ4n) is 3.33. The minimum atomic E-state index is 0.0615. The van der Waals surface area contributed by atoms with Gasteiger partial charge in [0.15, 0.2) is 0 Å². The summed E-state index contributed by atoms with van der Waals surface area (Å²) >= 11 is 0. The van der Waals surface area contributed by atoms with E-state index in [1.165, 1.54) is 0 Å². The topological polar surface area (TPSA) is 38.1 Å². The molecule has 0 aromatic carbocycles. The van der Waals surface area contributed by atoms with Gasteiger partial charge in [0.1, 0.15) is 5.69 Å². The standard InChI is InChI=1S/C15H25N3O/c1-14(2)6-7-18(10-15(3,4)9-14)13(19)12-8-17(5)11-16-12/h8,11H,6-7,9-10H2,1-5H3. The van der Waals surface area contributed by atoms with E-state index in [4.69, 9.17) is 0 Å². The molecule has 1 aliphatic heterocycles. The Balaban J connectivity index is 2.18. The molecule has 2 heterocycles. The van der Waals surface area contributed by atoms with E-state index in [0.29, 0.717) is 11.1 Å². The lowest BCUT2D eigenvalue weighted by Crippen LogP contribution is -2.37. The van der Waals surface area contributed by atoms with Crippen molar-refractivity contribution in [1.29, 1.82) is 0 Å². The van der Waals surface area contributed by atoms with E-state index in [2.05, 4.69) is 32.7 Å². The molecule has 0 bridgehead atoms. The summed E-state index contributed by atoms with van der Waals surface area (Å²) in [5, 5.41) is 0. The summed E-state index contributed by atoms with van der Waals surface area (Å²) in [6.45, 7) is 10.7. The number of aromatic nitrogens is 2. The fourth-order valence-corrected chi connectivity index (χ4v) is 3.33. The van der Waals surface area contributed by atoms with Crippen molar-refractivity contribution < 1.29 is 4.79 Å². The van der Waals surface area contributed by atoms with Gasteiger partial charge in [-0.3, -0.25) is 4.79 Å². The Morgan fingerprint density at radius 1 is 1.26 bits per heavy atom. The summed E-state index contributed by atoms with van der Waals surface area (Å²) in [4.78, 5) is 18.7. The van der Waals surface area contributed by atoms with Crippen LogP contribution >= 0.6 is 0 Å². The summed E-state index contributed by atoms with van der Waals surface area (Å²) < 4.78 is 1.82. The molecule has 1 aromatic heterocycles. The molecule has 4 heteroatoms. The van der Waals surface area contributed by atoms with Crippen molar-refractivity contribution in [3.8, 4) is 0 Å². The Kier molecular flexibility index (Phi) is 3.45. The Morgan fingerprint density at radius 3 is 2.53 bits per heavy atom. The number of amides is 1. The van der Waals surface area contributed by atoms with Crippen molar-refractivity contribution in [2.45, 2.75) is 40.5 Å². The molecule has 1 aliphatic rings. The van der Waals surface area contributed by atoms with E-state index in [-0.39, 0.29) is 11.3 Å². The monoisotopic (exact) mass is 263 g/mol. The maximum atomic E-state index is 12.5. The van der Waals surface area contributed by atoms with Crippen molar-refractivity contribution in [1.82, 2.24) is 14.5 Å². The molecule has 1 aromatic rings. The van der Waals surface area contributed by atoms with Gasteiger partial charge in [-0.2, -0.15) is 0 Å². The van der Waals surface area contributed by atoms with Crippen LogP contribution in [0.4, 0.5) is 0 Å². The quantitative estimate of drug-likeness (QED) is 0.781. The molecule has 1 amide bonds. The van der Waals surface area contributed by atoms with Gasteiger partial charge in [0.2, 0.25) is 0 Å². The van der Waals surface area contributed by atoms with Gasteiger partial charge in [-0.05, 0) is 23.7 Å². The van der Waals surface area contributed by atoms with Crippen LogP contribution in [0, 0.1) is 10.8 Å². The molecule has 4 nitrogen and oxygen atoms in total. The Hall–Kier alpha value is -1.32. The van der Waals surface area contributed by atoms with Crippen LogP contribution in [0.1, 0.15) is 51.0 Å². The number of carbonyl (C=O) groups is 1. The van der Waals surface area contributed by atoms with Crippen LogP contribution in [0.2, 0.25) is 0 Å². The molecular weight excluding hydrogens is 238 g/mol. The van der Waals surface area contributed by atoms with Crippen LogP contribution in [0.15, 0.2) is 12.5 Å². The lowest BCUT2D eigenvalue weighted by atomic mass is 9.75. The summed E-state index contributed by atoms with van der Waals surface area (Å²) in [7, 11) is 1.89. The van der Waals surface area contributed by atoms with Crippen LogP contribution < -0.4 is 0 Å². The van der Waals surface area contributed by atoms with Crippen LogP contribution in [0.3, 0.4) is 0 Å². The first-order valence-corrected chi connectivity index (χ1v) is 6.96. The van der Waals surface area contributed by atoms with Crippen molar-refractivity contribution in [3.63, 3.8) is 0 Å². The Bertz CT molecular complexity index is 473. The molecule has 0 saturated carbocycles.